The molecule has 0 spiro atoms. The number of aryl methyl sites for hydroxylation is 1. The Morgan fingerprint density at radius 2 is 1.96 bits per heavy atom. The molecule has 5 N–H and O–H groups in total. The number of nitrogens with one attached hydrogen (secondary N) is 3. The molecule has 10 heteroatoms. The lowest BCUT2D eigenvalue weighted by molar-refractivity contribution is 0.390. The quantitative estimate of drug-likeness (QED) is 0.501. The predicted octanol–water partition coefficient (Wildman–Crippen LogP) is 1.97. The smallest absolute Gasteiger partial charge is 0.261 e. The molecular formula is C18H23N9O. The lowest BCUT2D eigenvalue weighted by Crippen LogP contribution is -2.31. The van der Waals surface area contributed by atoms with Crippen molar-refractivity contribution in [2.45, 2.75) is 19.8 Å². The van der Waals surface area contributed by atoms with Crippen LogP contribution < -0.4 is 21.7 Å². The average Bonchev–Trinajstić information content (AvgIpc) is 3.15. The Morgan fingerprint density at radius 3 is 2.68 bits per heavy atom. The van der Waals surface area contributed by atoms with Gasteiger partial charge in [-0.3, -0.25) is 0 Å². The van der Waals surface area contributed by atoms with Crippen LogP contribution in [-0.4, -0.2) is 44.7 Å². The molecule has 28 heavy (non-hydrogen) atoms. The fourth-order valence-electron chi connectivity index (χ4n) is 3.12. The highest BCUT2D eigenvalue weighted by Crippen LogP contribution is 2.29. The summed E-state index contributed by atoms with van der Waals surface area (Å²) >= 11 is 0. The minimum Gasteiger partial charge on any atom is -0.384 e. The van der Waals surface area contributed by atoms with E-state index in [4.69, 9.17) is 10.3 Å². The summed E-state index contributed by atoms with van der Waals surface area (Å²) in [7, 11) is 0. The number of hydrogen-bond acceptors (Lipinski definition) is 10. The lowest BCUT2D eigenvalue weighted by Gasteiger charge is -2.23. The molecule has 1 aliphatic rings. The van der Waals surface area contributed by atoms with Gasteiger partial charge in [-0.2, -0.15) is 4.98 Å². The molecule has 3 aromatic rings. The van der Waals surface area contributed by atoms with Gasteiger partial charge >= 0.3 is 0 Å². The van der Waals surface area contributed by atoms with Crippen molar-refractivity contribution in [2.24, 2.45) is 5.92 Å². The van der Waals surface area contributed by atoms with E-state index in [1.807, 2.05) is 6.07 Å². The van der Waals surface area contributed by atoms with Gasteiger partial charge in [-0.25, -0.2) is 15.0 Å². The molecule has 0 bridgehead atoms. The summed E-state index contributed by atoms with van der Waals surface area (Å²) in [4.78, 5) is 17.0. The van der Waals surface area contributed by atoms with Crippen molar-refractivity contribution in [3.05, 3.63) is 30.5 Å². The van der Waals surface area contributed by atoms with E-state index in [0.717, 1.165) is 43.7 Å². The van der Waals surface area contributed by atoms with Crippen LogP contribution in [0.1, 0.15) is 18.7 Å². The number of anilines is 4. The van der Waals surface area contributed by atoms with Crippen molar-refractivity contribution >= 4 is 23.1 Å². The summed E-state index contributed by atoms with van der Waals surface area (Å²) < 4.78 is 5.35. The third-order valence-electron chi connectivity index (χ3n) is 4.63. The van der Waals surface area contributed by atoms with Crippen LogP contribution in [0.15, 0.2) is 29.2 Å². The van der Waals surface area contributed by atoms with Crippen molar-refractivity contribution < 1.29 is 4.52 Å². The highest BCUT2D eigenvalue weighted by Gasteiger charge is 2.17. The monoisotopic (exact) mass is 381 g/mol. The molecule has 0 atom stereocenters. The van der Waals surface area contributed by atoms with Crippen molar-refractivity contribution in [1.82, 2.24) is 30.4 Å². The standard InChI is InChI=1S/C18H23N9O/c1-11-25-18(28-27-11)13-8-23-16(26-17-10-22-15(19)9-24-17)6-14(13)21-7-12-2-4-20-5-3-12/h6,8-10,12,20H,2-5,7H2,1H3,(H2,19,22)(H2,21,23,24,26). The highest BCUT2D eigenvalue weighted by atomic mass is 16.5. The largest absolute Gasteiger partial charge is 0.384 e. The minimum absolute atomic E-state index is 0.366. The molecule has 0 radical (unpaired) electrons. The Kier molecular flexibility index (Phi) is 5.29. The van der Waals surface area contributed by atoms with Crippen LogP contribution in [0.4, 0.5) is 23.1 Å². The number of hydrogen-bond donors (Lipinski definition) is 4. The van der Waals surface area contributed by atoms with Crippen molar-refractivity contribution in [2.75, 3.05) is 36.0 Å². The van der Waals surface area contributed by atoms with Crippen LogP contribution in [0, 0.1) is 12.8 Å². The van der Waals surface area contributed by atoms with Crippen LogP contribution >= 0.6 is 0 Å². The molecule has 3 aromatic heterocycles. The number of pyridine rings is 1. The highest BCUT2D eigenvalue weighted by molar-refractivity contribution is 5.75. The van der Waals surface area contributed by atoms with Gasteiger partial charge < -0.3 is 26.2 Å². The van der Waals surface area contributed by atoms with Crippen LogP contribution in [0.25, 0.3) is 11.5 Å². The third kappa shape index (κ3) is 4.34. The van der Waals surface area contributed by atoms with Crippen LogP contribution in [0.2, 0.25) is 0 Å². The van der Waals surface area contributed by atoms with Gasteiger partial charge in [0.25, 0.3) is 5.89 Å². The van der Waals surface area contributed by atoms with Gasteiger partial charge in [0, 0.05) is 18.8 Å². The number of nitrogen functional groups attached to an aromatic ring is 1. The van der Waals surface area contributed by atoms with Crippen molar-refractivity contribution in [3.8, 4) is 11.5 Å². The normalized spacial score (nSPS) is 14.8. The topological polar surface area (TPSA) is 140 Å². The second-order valence-electron chi connectivity index (χ2n) is 6.79. The SMILES string of the molecule is Cc1noc(-c2cnc(Nc3cnc(N)cn3)cc2NCC2CCNCC2)n1. The summed E-state index contributed by atoms with van der Waals surface area (Å²) in [5, 5.41) is 13.9. The van der Waals surface area contributed by atoms with Crippen molar-refractivity contribution in [3.63, 3.8) is 0 Å². The Morgan fingerprint density at radius 1 is 1.14 bits per heavy atom. The fourth-order valence-corrected chi connectivity index (χ4v) is 3.12. The van der Waals surface area contributed by atoms with E-state index < -0.39 is 0 Å². The number of rotatable bonds is 6. The van der Waals surface area contributed by atoms with E-state index in [-0.39, 0.29) is 0 Å². The van der Waals surface area contributed by atoms with Gasteiger partial charge in [0.1, 0.15) is 17.5 Å². The maximum atomic E-state index is 5.59. The lowest BCUT2D eigenvalue weighted by atomic mass is 9.98. The number of nitrogens with zero attached hydrogens (tertiary/aromatic N) is 5. The summed E-state index contributed by atoms with van der Waals surface area (Å²) in [6.45, 7) is 4.77. The number of nitrogens with two attached hydrogens (primary N) is 1. The summed E-state index contributed by atoms with van der Waals surface area (Å²) in [6, 6.07) is 1.91. The zero-order chi connectivity index (χ0) is 19.3. The Balaban J connectivity index is 1.57. The molecule has 0 aliphatic carbocycles. The first kappa shape index (κ1) is 18.1. The van der Waals surface area contributed by atoms with E-state index in [0.29, 0.717) is 35.1 Å². The van der Waals surface area contributed by atoms with Crippen LogP contribution in [0.5, 0.6) is 0 Å². The summed E-state index contributed by atoms with van der Waals surface area (Å²) in [5.74, 6) is 3.20. The first-order chi connectivity index (χ1) is 13.7. The van der Waals surface area contributed by atoms with Gasteiger partial charge in [0.15, 0.2) is 5.82 Å². The molecular weight excluding hydrogens is 358 g/mol. The first-order valence-corrected chi connectivity index (χ1v) is 9.27. The van der Waals surface area contributed by atoms with E-state index in [9.17, 15) is 0 Å². The van der Waals surface area contributed by atoms with Gasteiger partial charge in [-0.1, -0.05) is 5.16 Å². The Labute approximate surface area is 162 Å². The Bertz CT molecular complexity index is 919. The van der Waals surface area contributed by atoms with E-state index in [2.05, 4.69) is 41.0 Å². The van der Waals surface area contributed by atoms with E-state index in [1.54, 1.807) is 19.3 Å². The van der Waals surface area contributed by atoms with E-state index in [1.165, 1.54) is 6.20 Å². The maximum absolute atomic E-state index is 5.59. The zero-order valence-electron chi connectivity index (χ0n) is 15.6. The molecule has 1 aliphatic heterocycles. The maximum Gasteiger partial charge on any atom is 0.261 e. The second kappa shape index (κ2) is 8.17. The summed E-state index contributed by atoms with van der Waals surface area (Å²) in [6.07, 6.45) is 7.08. The molecule has 1 fully saturated rings. The van der Waals surface area contributed by atoms with Gasteiger partial charge in [0.2, 0.25) is 0 Å². The third-order valence-corrected chi connectivity index (χ3v) is 4.63. The minimum atomic E-state index is 0.366. The fraction of sp³-hybridized carbons (Fsp3) is 0.389. The van der Waals surface area contributed by atoms with Gasteiger partial charge in [-0.15, -0.1) is 0 Å². The first-order valence-electron chi connectivity index (χ1n) is 9.27. The molecule has 0 amide bonds. The Hall–Kier alpha value is -3.27. The molecule has 0 saturated carbocycles. The van der Waals surface area contributed by atoms with Gasteiger partial charge in [0.05, 0.1) is 23.6 Å². The van der Waals surface area contributed by atoms with Crippen LogP contribution in [0.3, 0.4) is 0 Å². The van der Waals surface area contributed by atoms with Crippen LogP contribution in [-0.2, 0) is 0 Å². The second-order valence-corrected chi connectivity index (χ2v) is 6.79. The molecule has 4 heterocycles. The van der Waals surface area contributed by atoms with Gasteiger partial charge in [-0.05, 0) is 38.8 Å². The molecule has 0 aromatic carbocycles. The zero-order valence-corrected chi connectivity index (χ0v) is 15.6. The average molecular weight is 381 g/mol. The molecule has 0 unspecified atom stereocenters. The number of piperidine rings is 1. The van der Waals surface area contributed by atoms with E-state index >= 15 is 0 Å². The van der Waals surface area contributed by atoms with Crippen molar-refractivity contribution in [1.29, 1.82) is 0 Å². The molecule has 1 saturated heterocycles. The predicted molar refractivity (Wildman–Crippen MR) is 106 cm³/mol. The molecule has 4 rings (SSSR count). The number of aromatic nitrogens is 5. The summed E-state index contributed by atoms with van der Waals surface area (Å²) in [5.41, 5.74) is 7.23. The molecule has 146 valence electrons. The molecule has 10 nitrogen and oxygen atoms in total.